The molecule has 9 heteroatoms. The van der Waals surface area contributed by atoms with Crippen molar-refractivity contribution in [2.45, 2.75) is 38.5 Å². The molecule has 0 saturated heterocycles. The minimum atomic E-state index is -5.42. The van der Waals surface area contributed by atoms with Gasteiger partial charge in [-0.2, -0.15) is 0 Å². The van der Waals surface area contributed by atoms with E-state index < -0.39 is 9.14 Å². The third kappa shape index (κ3) is 4.50. The van der Waals surface area contributed by atoms with Crippen molar-refractivity contribution in [3.63, 3.8) is 0 Å². The Morgan fingerprint density at radius 3 is 1.37 bits per heavy atom. The molecule has 4 atom stereocenters. The Bertz CT molecular complexity index is 722. The minimum absolute atomic E-state index is 0.739. The SMILES string of the molecule is CO[C]1C2=C(C(=[O+]C)C3=C1[C@@H]1CC[C@H]3C1)[C@@H]1CC[C@H]2C1.[Cl][Sb-]([Cl])([Cl])([Cl])([Cl])[Cl]. The average Bonchev–Trinajstić information content (AvgIpc) is 3.28. The molecule has 0 aliphatic heterocycles. The van der Waals surface area contributed by atoms with Crippen molar-refractivity contribution in [2.24, 2.45) is 23.7 Å². The second-order valence-corrected chi connectivity index (χ2v) is 65.0. The van der Waals surface area contributed by atoms with Crippen LogP contribution in [0.1, 0.15) is 38.5 Å². The van der Waals surface area contributed by atoms with Crippen molar-refractivity contribution in [1.82, 2.24) is 0 Å². The molecule has 0 unspecified atom stereocenters. The first-order valence-corrected chi connectivity index (χ1v) is 28.6. The Morgan fingerprint density at radius 2 is 1.07 bits per heavy atom. The summed E-state index contributed by atoms with van der Waals surface area (Å²) in [6.07, 6.45) is 9.33. The van der Waals surface area contributed by atoms with Gasteiger partial charge in [0.25, 0.3) is 7.11 Å². The molecule has 5 aliphatic rings. The molecule has 0 N–H and O–H groups in total. The van der Waals surface area contributed by atoms with Crippen LogP contribution >= 0.6 is 53.0 Å². The van der Waals surface area contributed by atoms with Gasteiger partial charge in [-0.15, -0.1) is 0 Å². The molecule has 4 bridgehead atoms. The first kappa shape index (κ1) is 21.9. The van der Waals surface area contributed by atoms with E-state index in [1.165, 1.54) is 72.7 Å². The van der Waals surface area contributed by atoms with E-state index in [9.17, 15) is 0 Å². The van der Waals surface area contributed by atoms with Crippen LogP contribution in [0.2, 0.25) is 0 Å². The number of allylic oxidation sites excluding steroid dienone is 2. The Kier molecular flexibility index (Phi) is 5.34. The Labute approximate surface area is 180 Å². The molecule has 0 heterocycles. The summed E-state index contributed by atoms with van der Waals surface area (Å²) in [5.41, 5.74) is 6.14. The molecule has 0 aromatic heterocycles. The summed E-state index contributed by atoms with van der Waals surface area (Å²) in [6, 6.07) is 0. The summed E-state index contributed by atoms with van der Waals surface area (Å²) in [5.74, 6) is 4.22. The standard InChI is InChI=1S/C18H22O2.6ClH.Sb/c1-19-17-13-9-3-5-11(7-9)15(13)18(20-2)16-12-6-4-10(8-12)14(16)17;;;;;;;/h9-12H,3-8H2,1-2H3;6*1H;/q+1;;;;;;;+5/p-6/t9-,10+,11+,12-;;;;;;;. The predicted octanol–water partition coefficient (Wildman–Crippen LogP) is 7.12. The number of rotatable bonds is 1. The van der Waals surface area contributed by atoms with Crippen LogP contribution in [-0.2, 0) is 9.16 Å². The average molecular weight is 605 g/mol. The zero-order valence-electron chi connectivity index (χ0n) is 15.1. The quantitative estimate of drug-likeness (QED) is 0.231. The van der Waals surface area contributed by atoms with E-state index in [1.807, 2.05) is 14.2 Å². The molecule has 2 fully saturated rings. The van der Waals surface area contributed by atoms with Crippen LogP contribution in [0.15, 0.2) is 22.3 Å². The van der Waals surface area contributed by atoms with Crippen LogP contribution in [0.4, 0.5) is 0 Å². The fraction of sp³-hybridized carbons (Fsp3) is 0.667. The van der Waals surface area contributed by atoms with Gasteiger partial charge in [-0.3, -0.25) is 4.42 Å². The zero-order valence-corrected chi connectivity index (χ0v) is 22.2. The molecule has 1 radical (unpaired) electrons. The van der Waals surface area contributed by atoms with E-state index in [0.717, 1.165) is 23.7 Å². The van der Waals surface area contributed by atoms with Crippen LogP contribution in [-0.4, -0.2) is 29.1 Å². The van der Waals surface area contributed by atoms with Gasteiger partial charge in [-0.1, -0.05) is 0 Å². The van der Waals surface area contributed by atoms with Gasteiger partial charge in [0.05, 0.1) is 11.1 Å². The summed E-state index contributed by atoms with van der Waals surface area (Å²) < 4.78 is 11.9. The van der Waals surface area contributed by atoms with E-state index in [0.29, 0.717) is 0 Å². The van der Waals surface area contributed by atoms with Crippen LogP contribution in [0, 0.1) is 29.8 Å². The normalized spacial score (nSPS) is 38.6. The molecule has 2 saturated carbocycles. The number of halogens is 6. The Hall–Kier alpha value is 1.67. The van der Waals surface area contributed by atoms with Crippen LogP contribution in [0.3, 0.4) is 0 Å². The summed E-state index contributed by atoms with van der Waals surface area (Å²) in [4.78, 5) is 0. The van der Waals surface area contributed by atoms with Crippen molar-refractivity contribution in [3.8, 4) is 0 Å². The third-order valence-corrected chi connectivity index (χ3v) is 6.47. The van der Waals surface area contributed by atoms with Gasteiger partial charge in [-0.05, 0) is 73.3 Å². The number of hydrogen-bond acceptors (Lipinski definition) is 1. The molecule has 0 aromatic carbocycles. The van der Waals surface area contributed by atoms with Gasteiger partial charge in [0.15, 0.2) is 0 Å². The fourth-order valence-electron chi connectivity index (χ4n) is 5.85. The second kappa shape index (κ2) is 6.58. The number of hydrogen-bond donors (Lipinski definition) is 0. The summed E-state index contributed by atoms with van der Waals surface area (Å²) in [6.45, 7) is 0. The van der Waals surface area contributed by atoms with Gasteiger partial charge in [-0.25, -0.2) is 0 Å². The molecule has 27 heavy (non-hydrogen) atoms. The number of carbonyl (C=O) groups excluding carboxylic acids is 1. The molecule has 0 amide bonds. The Balaban J connectivity index is 0.000000224. The first-order valence-electron chi connectivity index (χ1n) is 9.16. The fourth-order valence-corrected chi connectivity index (χ4v) is 5.85. The van der Waals surface area contributed by atoms with E-state index in [1.54, 1.807) is 0 Å². The summed E-state index contributed by atoms with van der Waals surface area (Å²) in [7, 11) is 28.7. The molecular weight excluding hydrogens is 583 g/mol. The van der Waals surface area contributed by atoms with Gasteiger partial charge >= 0.3 is 67.9 Å². The summed E-state index contributed by atoms with van der Waals surface area (Å²) >= 11 is 0. The number of fused-ring (bicyclic) bond motifs is 8. The van der Waals surface area contributed by atoms with Crippen molar-refractivity contribution in [1.29, 1.82) is 0 Å². The third-order valence-electron chi connectivity index (χ3n) is 6.47. The first-order chi connectivity index (χ1) is 12.3. The number of methoxy groups -OCH3 is 1. The Morgan fingerprint density at radius 1 is 0.741 bits per heavy atom. The zero-order chi connectivity index (χ0) is 19.8. The molecule has 5 aliphatic carbocycles. The second-order valence-electron chi connectivity index (χ2n) is 8.09. The van der Waals surface area contributed by atoms with E-state index in [4.69, 9.17) is 62.1 Å². The molecule has 0 spiro atoms. The van der Waals surface area contributed by atoms with Crippen molar-refractivity contribution < 1.29 is 9.16 Å². The van der Waals surface area contributed by atoms with Gasteiger partial charge < -0.3 is 4.74 Å². The molecule has 0 aromatic rings. The van der Waals surface area contributed by atoms with Crippen LogP contribution < -0.4 is 0 Å². The number of ketones is 1. The van der Waals surface area contributed by atoms with E-state index in [2.05, 4.69) is 0 Å². The van der Waals surface area contributed by atoms with Crippen molar-refractivity contribution in [2.75, 3.05) is 14.2 Å². The number of ether oxygens (including phenoxy) is 1. The summed E-state index contributed by atoms with van der Waals surface area (Å²) in [5, 5.41) is 0. The van der Waals surface area contributed by atoms with Crippen molar-refractivity contribution in [3.05, 3.63) is 28.4 Å². The molecule has 153 valence electrons. The van der Waals surface area contributed by atoms with Crippen LogP contribution in [0.25, 0.3) is 0 Å². The molecule has 5 rings (SSSR count). The van der Waals surface area contributed by atoms with Crippen LogP contribution in [0.5, 0.6) is 0 Å². The van der Waals surface area contributed by atoms with E-state index >= 15 is 0 Å². The van der Waals surface area contributed by atoms with Crippen molar-refractivity contribution >= 4 is 67.9 Å². The molecular formula is C18H22Cl6O2Sb. The van der Waals surface area contributed by atoms with Gasteiger partial charge in [0.2, 0.25) is 0 Å². The van der Waals surface area contributed by atoms with Gasteiger partial charge in [0, 0.05) is 7.11 Å². The monoisotopic (exact) mass is 601 g/mol. The molecule has 2 nitrogen and oxygen atoms in total. The van der Waals surface area contributed by atoms with E-state index in [-0.39, 0.29) is 0 Å². The predicted molar refractivity (Wildman–Crippen MR) is 118 cm³/mol. The maximum absolute atomic E-state index is 5.95. The van der Waals surface area contributed by atoms with Gasteiger partial charge in [0.1, 0.15) is 6.10 Å². The maximum atomic E-state index is 5.95. The topological polar surface area (TPSA) is 20.5 Å².